The highest BCUT2D eigenvalue weighted by Gasteiger charge is 2.08. The number of hydrogen-bond acceptors (Lipinski definition) is 4. The Bertz CT molecular complexity index is 691. The fraction of sp³-hybridized carbons (Fsp3) is 0.368. The van der Waals surface area contributed by atoms with Gasteiger partial charge in [-0.25, -0.2) is 0 Å². The van der Waals surface area contributed by atoms with Crippen LogP contribution in [0.5, 0.6) is 5.75 Å². The molecule has 0 aliphatic rings. The maximum Gasteiger partial charge on any atom is 0.305 e. The van der Waals surface area contributed by atoms with Crippen molar-refractivity contribution in [2.75, 3.05) is 13.7 Å². The summed E-state index contributed by atoms with van der Waals surface area (Å²) in [5.74, 6) is 0.710. The molecule has 0 aliphatic carbocycles. The van der Waals surface area contributed by atoms with Crippen molar-refractivity contribution in [3.8, 4) is 5.75 Å². The number of fused-ring (bicyclic) bond motifs is 1. The molecule has 0 aliphatic heterocycles. The van der Waals surface area contributed by atoms with E-state index in [1.807, 2.05) is 36.4 Å². The van der Waals surface area contributed by atoms with E-state index in [0.717, 1.165) is 16.5 Å². The highest BCUT2D eigenvalue weighted by Crippen LogP contribution is 2.22. The molecule has 0 saturated carbocycles. The lowest BCUT2D eigenvalue weighted by atomic mass is 10.0. The Hall–Kier alpha value is -2.36. The third kappa shape index (κ3) is 4.81. The number of methoxy groups -OCH3 is 1. The first kappa shape index (κ1) is 17.0. The predicted octanol–water partition coefficient (Wildman–Crippen LogP) is 4.15. The van der Waals surface area contributed by atoms with E-state index < -0.39 is 0 Å². The molecule has 0 spiro atoms. The van der Waals surface area contributed by atoms with Crippen molar-refractivity contribution in [3.63, 3.8) is 0 Å². The first-order valence-corrected chi connectivity index (χ1v) is 7.90. The van der Waals surface area contributed by atoms with Crippen LogP contribution in [0, 0.1) is 0 Å². The molecule has 0 radical (unpaired) electrons. The number of ketones is 1. The maximum atomic E-state index is 12.2. The summed E-state index contributed by atoms with van der Waals surface area (Å²) in [6.07, 6.45) is 2.19. The molecule has 2 rings (SSSR count). The van der Waals surface area contributed by atoms with Crippen molar-refractivity contribution in [2.45, 2.75) is 32.6 Å². The molecular weight excluding hydrogens is 292 g/mol. The van der Waals surface area contributed by atoms with Crippen LogP contribution in [0.1, 0.15) is 43.0 Å². The van der Waals surface area contributed by atoms with Gasteiger partial charge in [-0.05, 0) is 48.7 Å². The zero-order valence-electron chi connectivity index (χ0n) is 13.6. The summed E-state index contributed by atoms with van der Waals surface area (Å²) < 4.78 is 10.1. The molecule has 122 valence electrons. The van der Waals surface area contributed by atoms with Gasteiger partial charge in [-0.3, -0.25) is 9.59 Å². The second kappa shape index (κ2) is 8.32. The van der Waals surface area contributed by atoms with Gasteiger partial charge in [-0.15, -0.1) is 0 Å². The Morgan fingerprint density at radius 3 is 2.39 bits per heavy atom. The summed E-state index contributed by atoms with van der Waals surface area (Å²) in [4.78, 5) is 23.5. The van der Waals surface area contributed by atoms with Gasteiger partial charge in [-0.2, -0.15) is 0 Å². The lowest BCUT2D eigenvalue weighted by Crippen LogP contribution is -2.04. The van der Waals surface area contributed by atoms with Gasteiger partial charge in [-0.1, -0.05) is 18.2 Å². The summed E-state index contributed by atoms with van der Waals surface area (Å²) in [5.41, 5.74) is 0.707. The van der Waals surface area contributed by atoms with E-state index in [1.165, 1.54) is 0 Å². The van der Waals surface area contributed by atoms with E-state index >= 15 is 0 Å². The van der Waals surface area contributed by atoms with Crippen molar-refractivity contribution >= 4 is 22.5 Å². The SMILES string of the molecule is CCOC(=O)CCCCC(=O)c1ccc2cc(OC)ccc2c1. The molecular formula is C19H22O4. The van der Waals surface area contributed by atoms with Gasteiger partial charge in [0.2, 0.25) is 0 Å². The van der Waals surface area contributed by atoms with Gasteiger partial charge in [0, 0.05) is 18.4 Å². The summed E-state index contributed by atoms with van der Waals surface area (Å²) in [7, 11) is 1.63. The minimum absolute atomic E-state index is 0.103. The van der Waals surface area contributed by atoms with Crippen LogP contribution in [0.4, 0.5) is 0 Å². The van der Waals surface area contributed by atoms with E-state index in [0.29, 0.717) is 37.9 Å². The van der Waals surface area contributed by atoms with Crippen LogP contribution < -0.4 is 4.74 Å². The van der Waals surface area contributed by atoms with Crippen LogP contribution in [0.15, 0.2) is 36.4 Å². The van der Waals surface area contributed by atoms with Crippen LogP contribution in [0.2, 0.25) is 0 Å². The van der Waals surface area contributed by atoms with E-state index in [1.54, 1.807) is 14.0 Å². The van der Waals surface area contributed by atoms with Crippen molar-refractivity contribution in [3.05, 3.63) is 42.0 Å². The molecule has 4 nitrogen and oxygen atoms in total. The fourth-order valence-electron chi connectivity index (χ4n) is 2.46. The topological polar surface area (TPSA) is 52.6 Å². The average Bonchev–Trinajstić information content (AvgIpc) is 2.57. The van der Waals surface area contributed by atoms with Crippen LogP contribution in [0.25, 0.3) is 10.8 Å². The second-order valence-corrected chi connectivity index (χ2v) is 5.36. The average molecular weight is 314 g/mol. The van der Waals surface area contributed by atoms with Crippen molar-refractivity contribution in [1.82, 2.24) is 0 Å². The quantitative estimate of drug-likeness (QED) is 0.417. The lowest BCUT2D eigenvalue weighted by molar-refractivity contribution is -0.143. The number of rotatable bonds is 8. The third-order valence-electron chi connectivity index (χ3n) is 3.71. The van der Waals surface area contributed by atoms with Crippen molar-refractivity contribution < 1.29 is 19.1 Å². The number of carbonyl (C=O) groups excluding carboxylic acids is 2. The summed E-state index contributed by atoms with van der Waals surface area (Å²) in [6, 6.07) is 11.5. The molecule has 0 atom stereocenters. The van der Waals surface area contributed by atoms with Gasteiger partial charge in [0.05, 0.1) is 13.7 Å². The Labute approximate surface area is 136 Å². The van der Waals surface area contributed by atoms with E-state index in [9.17, 15) is 9.59 Å². The second-order valence-electron chi connectivity index (χ2n) is 5.36. The molecule has 2 aromatic carbocycles. The number of benzene rings is 2. The highest BCUT2D eigenvalue weighted by molar-refractivity contribution is 6.00. The zero-order valence-corrected chi connectivity index (χ0v) is 13.6. The molecule has 0 unspecified atom stereocenters. The van der Waals surface area contributed by atoms with Gasteiger partial charge < -0.3 is 9.47 Å². The molecule has 0 bridgehead atoms. The molecule has 0 amide bonds. The number of unbranched alkanes of at least 4 members (excludes halogenated alkanes) is 1. The van der Waals surface area contributed by atoms with Crippen LogP contribution in [-0.2, 0) is 9.53 Å². The Kier molecular flexibility index (Phi) is 6.15. The molecule has 0 fully saturated rings. The summed E-state index contributed by atoms with van der Waals surface area (Å²) >= 11 is 0. The molecule has 23 heavy (non-hydrogen) atoms. The van der Waals surface area contributed by atoms with Gasteiger partial charge in [0.15, 0.2) is 5.78 Å². The Balaban J connectivity index is 1.92. The molecule has 0 heterocycles. The Morgan fingerprint density at radius 1 is 0.957 bits per heavy atom. The third-order valence-corrected chi connectivity index (χ3v) is 3.71. The summed E-state index contributed by atoms with van der Waals surface area (Å²) in [6.45, 7) is 2.19. The monoisotopic (exact) mass is 314 g/mol. The van der Waals surface area contributed by atoms with Gasteiger partial charge in [0.25, 0.3) is 0 Å². The fourth-order valence-corrected chi connectivity index (χ4v) is 2.46. The van der Waals surface area contributed by atoms with Crippen LogP contribution >= 0.6 is 0 Å². The van der Waals surface area contributed by atoms with E-state index in [2.05, 4.69) is 0 Å². The van der Waals surface area contributed by atoms with Crippen molar-refractivity contribution in [2.24, 2.45) is 0 Å². The molecule has 0 saturated heterocycles. The maximum absolute atomic E-state index is 12.2. The first-order valence-electron chi connectivity index (χ1n) is 7.90. The molecule has 2 aromatic rings. The highest BCUT2D eigenvalue weighted by atomic mass is 16.5. The zero-order chi connectivity index (χ0) is 16.7. The standard InChI is InChI=1S/C19H22O4/c1-3-23-19(21)7-5-4-6-18(20)16-9-8-15-13-17(22-2)11-10-14(15)12-16/h8-13H,3-7H2,1-2H3. The number of esters is 1. The number of Topliss-reactive ketones (excluding diaryl/α,β-unsaturated/α-hetero) is 1. The van der Waals surface area contributed by atoms with Crippen LogP contribution in [-0.4, -0.2) is 25.5 Å². The molecule has 0 N–H and O–H groups in total. The molecule has 4 heteroatoms. The summed E-state index contributed by atoms with van der Waals surface area (Å²) in [5, 5.41) is 2.06. The predicted molar refractivity (Wildman–Crippen MR) is 89.9 cm³/mol. The van der Waals surface area contributed by atoms with Crippen LogP contribution in [0.3, 0.4) is 0 Å². The minimum Gasteiger partial charge on any atom is -0.497 e. The number of carbonyl (C=O) groups is 2. The molecule has 0 aromatic heterocycles. The van der Waals surface area contributed by atoms with E-state index in [-0.39, 0.29) is 11.8 Å². The van der Waals surface area contributed by atoms with Gasteiger partial charge >= 0.3 is 5.97 Å². The smallest absolute Gasteiger partial charge is 0.305 e. The number of ether oxygens (including phenoxy) is 2. The van der Waals surface area contributed by atoms with E-state index in [4.69, 9.17) is 9.47 Å². The minimum atomic E-state index is -0.195. The largest absolute Gasteiger partial charge is 0.497 e. The Morgan fingerprint density at radius 2 is 1.65 bits per heavy atom. The number of hydrogen-bond donors (Lipinski definition) is 0. The van der Waals surface area contributed by atoms with Crippen molar-refractivity contribution in [1.29, 1.82) is 0 Å². The normalized spacial score (nSPS) is 10.5. The first-order chi connectivity index (χ1) is 11.1. The lowest BCUT2D eigenvalue weighted by Gasteiger charge is -2.06. The van der Waals surface area contributed by atoms with Gasteiger partial charge in [0.1, 0.15) is 5.75 Å².